The van der Waals surface area contributed by atoms with Crippen molar-refractivity contribution in [3.63, 3.8) is 0 Å². The van der Waals surface area contributed by atoms with E-state index in [4.69, 9.17) is 15.6 Å². The average molecular weight is 520 g/mol. The molecule has 0 radical (unpaired) electrons. The number of hydrogen-bond donors (Lipinski definition) is 2. The number of benzene rings is 2. The second-order valence-electron chi connectivity index (χ2n) is 9.84. The number of ether oxygens (including phenoxy) is 1. The molecular formula is C28H30FN5O4. The van der Waals surface area contributed by atoms with Gasteiger partial charge in [-0.15, -0.1) is 0 Å². The molecule has 5 rings (SSSR count). The van der Waals surface area contributed by atoms with E-state index in [1.165, 1.54) is 17.7 Å². The number of nitrogens with zero attached hydrogens (tertiary/aromatic N) is 4. The Morgan fingerprint density at radius 2 is 1.79 bits per heavy atom. The summed E-state index contributed by atoms with van der Waals surface area (Å²) in [6.07, 6.45) is 3.99. The zero-order valence-corrected chi connectivity index (χ0v) is 21.1. The summed E-state index contributed by atoms with van der Waals surface area (Å²) in [6, 6.07) is 13.8. The van der Waals surface area contributed by atoms with Gasteiger partial charge in [0.25, 0.3) is 5.91 Å². The third kappa shape index (κ3) is 5.25. The van der Waals surface area contributed by atoms with Crippen molar-refractivity contribution in [2.75, 3.05) is 35.7 Å². The lowest BCUT2D eigenvalue weighted by Crippen LogP contribution is -2.32. The number of rotatable bonds is 6. The van der Waals surface area contributed by atoms with Crippen molar-refractivity contribution in [2.24, 2.45) is 5.92 Å². The summed E-state index contributed by atoms with van der Waals surface area (Å²) in [5, 5.41) is 9.05. The summed E-state index contributed by atoms with van der Waals surface area (Å²) in [6.45, 7) is 0.543. The fourth-order valence-electron chi connectivity index (χ4n) is 5.27. The Hall–Kier alpha value is -4.21. The molecule has 3 N–H and O–H groups in total. The van der Waals surface area contributed by atoms with Crippen molar-refractivity contribution in [2.45, 2.75) is 38.0 Å². The minimum atomic E-state index is -0.729. The first-order chi connectivity index (χ1) is 18.3. The molecule has 2 heterocycles. The minimum absolute atomic E-state index is 0.00519. The number of hydrogen-bond acceptors (Lipinski definition) is 7. The molecule has 3 aromatic rings. The molecule has 1 aliphatic heterocycles. The van der Waals surface area contributed by atoms with Gasteiger partial charge in [0.2, 0.25) is 11.8 Å². The Morgan fingerprint density at radius 1 is 1.11 bits per heavy atom. The van der Waals surface area contributed by atoms with Gasteiger partial charge in [0, 0.05) is 24.8 Å². The van der Waals surface area contributed by atoms with Gasteiger partial charge in [-0.1, -0.05) is 12.1 Å². The van der Waals surface area contributed by atoms with Gasteiger partial charge in [-0.05, 0) is 79.5 Å². The van der Waals surface area contributed by atoms with Crippen molar-refractivity contribution in [1.82, 2.24) is 9.97 Å². The van der Waals surface area contributed by atoms with E-state index in [2.05, 4.69) is 9.97 Å². The van der Waals surface area contributed by atoms with Crippen LogP contribution in [0.2, 0.25) is 0 Å². The highest BCUT2D eigenvalue weighted by Gasteiger charge is 2.31. The van der Waals surface area contributed by atoms with Crippen LogP contribution in [-0.2, 0) is 4.79 Å². The Balaban J connectivity index is 1.33. The maximum Gasteiger partial charge on any atom is 0.303 e. The number of carboxylic acid groups (broad SMARTS) is 1. The Labute approximate surface area is 220 Å². The Kier molecular flexibility index (Phi) is 7.13. The van der Waals surface area contributed by atoms with Crippen LogP contribution >= 0.6 is 0 Å². The monoisotopic (exact) mass is 519 g/mol. The van der Waals surface area contributed by atoms with E-state index in [1.54, 1.807) is 29.0 Å². The van der Waals surface area contributed by atoms with Gasteiger partial charge in [-0.3, -0.25) is 9.59 Å². The first-order valence-electron chi connectivity index (χ1n) is 12.7. The number of nitrogen functional groups attached to an aromatic ring is 1. The highest BCUT2D eigenvalue weighted by Crippen LogP contribution is 2.38. The van der Waals surface area contributed by atoms with Crippen LogP contribution in [0.4, 0.5) is 27.5 Å². The highest BCUT2D eigenvalue weighted by molar-refractivity contribution is 6.10. The molecule has 198 valence electrons. The number of aliphatic carboxylic acids is 1. The van der Waals surface area contributed by atoms with E-state index in [9.17, 15) is 14.0 Å². The molecule has 0 bridgehead atoms. The van der Waals surface area contributed by atoms with E-state index >= 15 is 0 Å². The first kappa shape index (κ1) is 25.4. The standard InChI is InChI=1S/C28H30FN5O4/c1-33(21-12-8-20(29)9-13-21)28-31-25(30)24-26(32-28)38-15-14-34(27(24)37)22-10-6-19(7-11-22)18-4-2-17(3-5-18)16-23(35)36/h6-13,17-18H,2-5,14-16H2,1H3,(H,35,36)(H2,30,31,32)/t17-,18-. The summed E-state index contributed by atoms with van der Waals surface area (Å²) < 4.78 is 19.2. The number of fused-ring (bicyclic) bond motifs is 1. The second kappa shape index (κ2) is 10.6. The van der Waals surface area contributed by atoms with E-state index in [0.717, 1.165) is 31.4 Å². The molecule has 0 saturated heterocycles. The SMILES string of the molecule is CN(c1ccc(F)cc1)c1nc(N)c2c(n1)OCCN(c1ccc([C@H]3CC[C@H](CC(=O)O)CC3)cc1)C2=O. The van der Waals surface area contributed by atoms with Crippen molar-refractivity contribution in [3.8, 4) is 5.88 Å². The smallest absolute Gasteiger partial charge is 0.303 e. The number of aromatic nitrogens is 2. The van der Waals surface area contributed by atoms with E-state index < -0.39 is 5.97 Å². The van der Waals surface area contributed by atoms with Gasteiger partial charge in [0.15, 0.2) is 0 Å². The zero-order chi connectivity index (χ0) is 26.8. The van der Waals surface area contributed by atoms with E-state index in [1.807, 2.05) is 24.3 Å². The van der Waals surface area contributed by atoms with Crippen LogP contribution in [0.3, 0.4) is 0 Å². The van der Waals surface area contributed by atoms with Gasteiger partial charge in [0.1, 0.15) is 23.8 Å². The number of carbonyl (C=O) groups excluding carboxylic acids is 1. The molecule has 2 aromatic carbocycles. The van der Waals surface area contributed by atoms with Gasteiger partial charge in [-0.25, -0.2) is 4.39 Å². The quantitative estimate of drug-likeness (QED) is 0.478. The third-order valence-corrected chi connectivity index (χ3v) is 7.40. The van der Waals surface area contributed by atoms with Crippen molar-refractivity contribution < 1.29 is 23.8 Å². The lowest BCUT2D eigenvalue weighted by atomic mass is 9.77. The van der Waals surface area contributed by atoms with Crippen LogP contribution in [-0.4, -0.2) is 47.2 Å². The van der Waals surface area contributed by atoms with Crippen LogP contribution in [0.15, 0.2) is 48.5 Å². The molecule has 1 amide bonds. The number of halogens is 1. The molecule has 1 aliphatic carbocycles. The van der Waals surface area contributed by atoms with Gasteiger partial charge < -0.3 is 25.4 Å². The maximum atomic E-state index is 13.5. The lowest BCUT2D eigenvalue weighted by molar-refractivity contribution is -0.138. The predicted octanol–water partition coefficient (Wildman–Crippen LogP) is 4.75. The molecule has 0 spiro atoms. The molecule has 1 aromatic heterocycles. The number of carboxylic acids is 1. The van der Waals surface area contributed by atoms with Gasteiger partial charge in [-0.2, -0.15) is 9.97 Å². The van der Waals surface area contributed by atoms with Gasteiger partial charge in [0.05, 0.1) is 6.54 Å². The van der Waals surface area contributed by atoms with E-state index in [-0.39, 0.29) is 53.9 Å². The number of nitrogens with two attached hydrogens (primary N) is 1. The average Bonchev–Trinajstić information content (AvgIpc) is 3.07. The van der Waals surface area contributed by atoms with Crippen molar-refractivity contribution in [3.05, 3.63) is 65.5 Å². The van der Waals surface area contributed by atoms with Crippen LogP contribution in [0.1, 0.15) is 53.9 Å². The normalized spacial score (nSPS) is 19.3. The topological polar surface area (TPSA) is 122 Å². The van der Waals surface area contributed by atoms with Crippen LogP contribution in [0, 0.1) is 11.7 Å². The molecule has 9 nitrogen and oxygen atoms in total. The third-order valence-electron chi connectivity index (χ3n) is 7.40. The first-order valence-corrected chi connectivity index (χ1v) is 12.7. The molecule has 2 aliphatic rings. The number of amides is 1. The minimum Gasteiger partial charge on any atom is -0.481 e. The number of anilines is 4. The molecule has 0 atom stereocenters. The summed E-state index contributed by atoms with van der Waals surface area (Å²) in [5.74, 6) is -0.430. The van der Waals surface area contributed by atoms with Crippen LogP contribution in [0.5, 0.6) is 5.88 Å². The largest absolute Gasteiger partial charge is 0.481 e. The summed E-state index contributed by atoms with van der Waals surface area (Å²) >= 11 is 0. The fourth-order valence-corrected chi connectivity index (χ4v) is 5.27. The van der Waals surface area contributed by atoms with Crippen LogP contribution < -0.4 is 20.3 Å². The Bertz CT molecular complexity index is 1320. The Morgan fingerprint density at radius 3 is 2.45 bits per heavy atom. The zero-order valence-electron chi connectivity index (χ0n) is 21.1. The number of carbonyl (C=O) groups is 2. The molecular weight excluding hydrogens is 489 g/mol. The summed E-state index contributed by atoms with van der Waals surface area (Å²) in [4.78, 5) is 36.6. The predicted molar refractivity (Wildman–Crippen MR) is 141 cm³/mol. The summed E-state index contributed by atoms with van der Waals surface area (Å²) in [7, 11) is 1.72. The van der Waals surface area contributed by atoms with Crippen molar-refractivity contribution in [1.29, 1.82) is 0 Å². The highest BCUT2D eigenvalue weighted by atomic mass is 19.1. The summed E-state index contributed by atoms with van der Waals surface area (Å²) in [5.41, 5.74) is 8.93. The lowest BCUT2D eigenvalue weighted by Gasteiger charge is -2.28. The second-order valence-corrected chi connectivity index (χ2v) is 9.84. The maximum absolute atomic E-state index is 13.5. The van der Waals surface area contributed by atoms with Crippen molar-refractivity contribution >= 4 is 35.0 Å². The molecule has 38 heavy (non-hydrogen) atoms. The molecule has 0 unspecified atom stereocenters. The fraction of sp³-hybridized carbons (Fsp3) is 0.357. The van der Waals surface area contributed by atoms with E-state index in [0.29, 0.717) is 18.2 Å². The molecule has 10 heteroatoms. The molecule has 1 saturated carbocycles. The van der Waals surface area contributed by atoms with Crippen LogP contribution in [0.25, 0.3) is 0 Å². The van der Waals surface area contributed by atoms with Gasteiger partial charge >= 0.3 is 5.97 Å². The molecule has 1 fully saturated rings.